The number of anilines is 1. The number of nitrogens with one attached hydrogen (secondary N) is 1. The van der Waals surface area contributed by atoms with Crippen molar-refractivity contribution < 1.29 is 18.7 Å². The van der Waals surface area contributed by atoms with Crippen molar-refractivity contribution in [2.45, 2.75) is 18.6 Å². The average molecular weight is 469 g/mol. The van der Waals surface area contributed by atoms with Crippen molar-refractivity contribution in [1.82, 2.24) is 14.8 Å². The Morgan fingerprint density at radius 1 is 1.19 bits per heavy atom. The Morgan fingerprint density at radius 3 is 2.69 bits per heavy atom. The van der Waals surface area contributed by atoms with Gasteiger partial charge in [0.15, 0.2) is 16.7 Å². The van der Waals surface area contributed by atoms with Gasteiger partial charge in [-0.25, -0.2) is 4.79 Å². The summed E-state index contributed by atoms with van der Waals surface area (Å²) < 4.78 is 12.3. The number of carbonyl (C=O) groups is 2. The standard InChI is InChI=1S/C22H20N4O4S2/c1-3-26-19(16-10-7-11-30-16)24-25-22(26)32-13-17(27)23-20-18(21(28)29-2)15(12-31-20)14-8-5-4-6-9-14/h4-12H,3,13H2,1-2H3,(H,23,27). The summed E-state index contributed by atoms with van der Waals surface area (Å²) in [5.41, 5.74) is 1.94. The summed E-state index contributed by atoms with van der Waals surface area (Å²) in [5.74, 6) is 0.577. The van der Waals surface area contributed by atoms with E-state index in [-0.39, 0.29) is 11.7 Å². The van der Waals surface area contributed by atoms with Crippen LogP contribution in [0, 0.1) is 0 Å². The predicted molar refractivity (Wildman–Crippen MR) is 124 cm³/mol. The van der Waals surface area contributed by atoms with Gasteiger partial charge in [-0.3, -0.25) is 9.36 Å². The number of ether oxygens (including phenoxy) is 1. The number of methoxy groups -OCH3 is 1. The molecule has 1 N–H and O–H groups in total. The normalized spacial score (nSPS) is 10.8. The third kappa shape index (κ3) is 4.46. The average Bonchev–Trinajstić information content (AvgIpc) is 3.57. The van der Waals surface area contributed by atoms with Gasteiger partial charge in [-0.1, -0.05) is 42.1 Å². The van der Waals surface area contributed by atoms with Crippen molar-refractivity contribution in [3.05, 3.63) is 59.7 Å². The number of esters is 1. The van der Waals surface area contributed by atoms with Crippen molar-refractivity contribution >= 4 is 40.0 Å². The van der Waals surface area contributed by atoms with E-state index in [9.17, 15) is 9.59 Å². The molecule has 0 atom stereocenters. The third-order valence-corrected chi connectivity index (χ3v) is 6.49. The van der Waals surface area contributed by atoms with E-state index < -0.39 is 5.97 Å². The lowest BCUT2D eigenvalue weighted by Gasteiger charge is -2.08. The summed E-state index contributed by atoms with van der Waals surface area (Å²) in [6.45, 7) is 2.60. The molecule has 0 spiro atoms. The maximum atomic E-state index is 12.7. The van der Waals surface area contributed by atoms with Gasteiger partial charge in [0.25, 0.3) is 0 Å². The number of nitrogens with zero attached hydrogens (tertiary/aromatic N) is 3. The lowest BCUT2D eigenvalue weighted by molar-refractivity contribution is -0.113. The minimum Gasteiger partial charge on any atom is -0.465 e. The number of furan rings is 1. The summed E-state index contributed by atoms with van der Waals surface area (Å²) in [6, 6.07) is 13.1. The van der Waals surface area contributed by atoms with Gasteiger partial charge in [-0.05, 0) is 24.6 Å². The number of hydrogen-bond donors (Lipinski definition) is 1. The summed E-state index contributed by atoms with van der Waals surface area (Å²) in [6.07, 6.45) is 1.58. The van der Waals surface area contributed by atoms with E-state index in [1.54, 1.807) is 12.3 Å². The summed E-state index contributed by atoms with van der Waals surface area (Å²) in [7, 11) is 1.32. The van der Waals surface area contributed by atoms with Crippen LogP contribution in [0.4, 0.5) is 5.00 Å². The molecule has 0 radical (unpaired) electrons. The van der Waals surface area contributed by atoms with Crippen LogP contribution in [0.2, 0.25) is 0 Å². The molecule has 4 aromatic rings. The Bertz CT molecular complexity index is 1220. The lowest BCUT2D eigenvalue weighted by Crippen LogP contribution is -2.16. The first kappa shape index (κ1) is 21.8. The molecule has 10 heteroatoms. The Morgan fingerprint density at radius 2 is 2.00 bits per heavy atom. The van der Waals surface area contributed by atoms with Crippen LogP contribution in [0.3, 0.4) is 0 Å². The molecular weight excluding hydrogens is 448 g/mol. The highest BCUT2D eigenvalue weighted by Gasteiger charge is 2.23. The van der Waals surface area contributed by atoms with Crippen molar-refractivity contribution in [1.29, 1.82) is 0 Å². The first-order valence-electron chi connectivity index (χ1n) is 9.77. The van der Waals surface area contributed by atoms with Crippen molar-refractivity contribution in [2.24, 2.45) is 0 Å². The number of aromatic nitrogens is 3. The molecule has 1 amide bonds. The maximum Gasteiger partial charge on any atom is 0.341 e. The van der Waals surface area contributed by atoms with Crippen molar-refractivity contribution in [3.63, 3.8) is 0 Å². The Kier molecular flexibility index (Phi) is 6.72. The van der Waals surface area contributed by atoms with Gasteiger partial charge in [-0.15, -0.1) is 21.5 Å². The van der Waals surface area contributed by atoms with Gasteiger partial charge < -0.3 is 14.5 Å². The van der Waals surface area contributed by atoms with Gasteiger partial charge in [0, 0.05) is 17.5 Å². The Hall–Kier alpha value is -3.37. The molecule has 0 aliphatic rings. The summed E-state index contributed by atoms with van der Waals surface area (Å²) in [4.78, 5) is 25.1. The van der Waals surface area contributed by atoms with Crippen LogP contribution in [-0.2, 0) is 16.1 Å². The van der Waals surface area contributed by atoms with Crippen molar-refractivity contribution in [3.8, 4) is 22.7 Å². The quantitative estimate of drug-likeness (QED) is 0.293. The van der Waals surface area contributed by atoms with Crippen LogP contribution in [0.1, 0.15) is 17.3 Å². The van der Waals surface area contributed by atoms with Gasteiger partial charge in [-0.2, -0.15) is 0 Å². The number of carbonyl (C=O) groups excluding carboxylic acids is 2. The van der Waals surface area contributed by atoms with E-state index >= 15 is 0 Å². The molecule has 0 fully saturated rings. The van der Waals surface area contributed by atoms with E-state index in [0.29, 0.717) is 33.9 Å². The number of thioether (sulfide) groups is 1. The molecule has 0 bridgehead atoms. The molecule has 3 heterocycles. The van der Waals surface area contributed by atoms with Crippen LogP contribution in [0.5, 0.6) is 0 Å². The zero-order valence-corrected chi connectivity index (χ0v) is 19.0. The number of thiophene rings is 1. The maximum absolute atomic E-state index is 12.7. The van der Waals surface area contributed by atoms with Crippen LogP contribution in [0.15, 0.2) is 63.7 Å². The molecule has 164 valence electrons. The number of benzene rings is 1. The van der Waals surface area contributed by atoms with E-state index in [1.807, 2.05) is 53.3 Å². The minimum absolute atomic E-state index is 0.107. The van der Waals surface area contributed by atoms with Crippen LogP contribution < -0.4 is 5.32 Å². The highest BCUT2D eigenvalue weighted by atomic mass is 32.2. The fraction of sp³-hybridized carbons (Fsp3) is 0.182. The molecule has 32 heavy (non-hydrogen) atoms. The molecule has 0 saturated heterocycles. The first-order valence-corrected chi connectivity index (χ1v) is 11.6. The topological polar surface area (TPSA) is 99.2 Å². The molecule has 0 unspecified atom stereocenters. The molecular formula is C22H20N4O4S2. The largest absolute Gasteiger partial charge is 0.465 e. The molecule has 8 nitrogen and oxygen atoms in total. The summed E-state index contributed by atoms with van der Waals surface area (Å²) >= 11 is 2.55. The molecule has 0 saturated carbocycles. The zero-order chi connectivity index (χ0) is 22.5. The van der Waals surface area contributed by atoms with Crippen LogP contribution >= 0.6 is 23.1 Å². The van der Waals surface area contributed by atoms with E-state index in [0.717, 1.165) is 11.1 Å². The van der Waals surface area contributed by atoms with Gasteiger partial charge in [0.1, 0.15) is 10.6 Å². The van der Waals surface area contributed by atoms with Crippen molar-refractivity contribution in [2.75, 3.05) is 18.2 Å². The van der Waals surface area contributed by atoms with Crippen LogP contribution in [0.25, 0.3) is 22.7 Å². The number of hydrogen-bond acceptors (Lipinski definition) is 8. The second-order valence-corrected chi connectivity index (χ2v) is 8.40. The van der Waals surface area contributed by atoms with Gasteiger partial charge in [0.2, 0.25) is 5.91 Å². The molecule has 1 aromatic carbocycles. The number of rotatable bonds is 8. The first-order chi connectivity index (χ1) is 15.6. The van der Waals surface area contributed by atoms with Gasteiger partial charge >= 0.3 is 5.97 Å². The Balaban J connectivity index is 1.50. The van der Waals surface area contributed by atoms with Crippen LogP contribution in [-0.4, -0.2) is 39.5 Å². The fourth-order valence-corrected chi connectivity index (χ4v) is 4.92. The van der Waals surface area contributed by atoms with E-state index in [1.165, 1.54) is 30.2 Å². The van der Waals surface area contributed by atoms with Gasteiger partial charge in [0.05, 0.1) is 19.1 Å². The Labute approximate surface area is 192 Å². The predicted octanol–water partition coefficient (Wildman–Crippen LogP) is 4.80. The molecule has 0 aliphatic heterocycles. The highest BCUT2D eigenvalue weighted by Crippen LogP contribution is 2.36. The smallest absolute Gasteiger partial charge is 0.341 e. The molecule has 3 aromatic heterocycles. The third-order valence-electron chi connectivity index (χ3n) is 4.63. The second kappa shape index (κ2) is 9.84. The second-order valence-electron chi connectivity index (χ2n) is 6.58. The summed E-state index contributed by atoms with van der Waals surface area (Å²) in [5, 5.41) is 14.1. The molecule has 0 aliphatic carbocycles. The zero-order valence-electron chi connectivity index (χ0n) is 17.4. The monoisotopic (exact) mass is 468 g/mol. The lowest BCUT2D eigenvalue weighted by atomic mass is 10.0. The SMILES string of the molecule is CCn1c(SCC(=O)Nc2scc(-c3ccccc3)c2C(=O)OC)nnc1-c1ccco1. The van der Waals surface area contributed by atoms with E-state index in [2.05, 4.69) is 15.5 Å². The molecule has 4 rings (SSSR count). The fourth-order valence-electron chi connectivity index (χ4n) is 3.15. The highest BCUT2D eigenvalue weighted by molar-refractivity contribution is 7.99. The number of amides is 1. The van der Waals surface area contributed by atoms with E-state index in [4.69, 9.17) is 9.15 Å². The minimum atomic E-state index is -0.498.